The molecule has 0 amide bonds. The van der Waals surface area contributed by atoms with Crippen LogP contribution in [0.25, 0.3) is 0 Å². The summed E-state index contributed by atoms with van der Waals surface area (Å²) in [5, 5.41) is 9.96. The van der Waals surface area contributed by atoms with E-state index < -0.39 is 22.6 Å². The molecule has 67 valence electrons. The molecule has 0 unspecified atom stereocenters. The van der Waals surface area contributed by atoms with Crippen LogP contribution in [0.3, 0.4) is 0 Å². The van der Waals surface area contributed by atoms with Crippen LogP contribution in [0.4, 0.5) is 8.78 Å². The van der Waals surface area contributed by atoms with Crippen molar-refractivity contribution in [1.82, 2.24) is 0 Å². The number of halogens is 3. The summed E-state index contributed by atoms with van der Waals surface area (Å²) in [5.74, 6) is -2.23. The summed E-state index contributed by atoms with van der Waals surface area (Å²) in [4.78, 5) is 9.02. The van der Waals surface area contributed by atoms with Gasteiger partial charge < -0.3 is 12.4 Å². The molecule has 7 heteroatoms. The first-order valence-corrected chi connectivity index (χ1v) is 2.63. The summed E-state index contributed by atoms with van der Waals surface area (Å²) in [6, 6.07) is -0.772. The molecule has 0 aromatic heterocycles. The normalized spacial score (nSPS) is 14.9. The average Bonchev–Trinajstić information content (AvgIpc) is 1.85. The van der Waals surface area contributed by atoms with E-state index in [2.05, 4.69) is 0 Å². The SMILES string of the molecule is O=[N+]([O-])[C]1C=CC(F)=C=C1F.[Cl-].[Zn]. The van der Waals surface area contributed by atoms with Crippen molar-refractivity contribution >= 4 is 0 Å². The van der Waals surface area contributed by atoms with Crippen LogP contribution >= 0.6 is 0 Å². The molecule has 1 aliphatic rings. The van der Waals surface area contributed by atoms with Crippen LogP contribution in [-0.2, 0) is 19.5 Å². The molecule has 0 saturated heterocycles. The first kappa shape index (κ1) is 14.9. The fourth-order valence-electron chi connectivity index (χ4n) is 0.577. The van der Waals surface area contributed by atoms with Gasteiger partial charge in [0.1, 0.15) is 0 Å². The van der Waals surface area contributed by atoms with E-state index in [-0.39, 0.29) is 31.9 Å². The maximum Gasteiger partial charge on any atom is 0.378 e. The van der Waals surface area contributed by atoms with Crippen molar-refractivity contribution in [3.8, 4) is 0 Å². The van der Waals surface area contributed by atoms with Crippen LogP contribution < -0.4 is 12.4 Å². The van der Waals surface area contributed by atoms with Gasteiger partial charge in [0.2, 0.25) is 5.83 Å². The summed E-state index contributed by atoms with van der Waals surface area (Å²) >= 11 is 0. The Morgan fingerprint density at radius 3 is 2.31 bits per heavy atom. The summed E-state index contributed by atoms with van der Waals surface area (Å²) in [7, 11) is 0. The van der Waals surface area contributed by atoms with E-state index in [0.29, 0.717) is 0 Å². The Kier molecular flexibility index (Phi) is 6.86. The molecule has 0 heterocycles. The summed E-state index contributed by atoms with van der Waals surface area (Å²) in [6.45, 7) is 0. The Balaban J connectivity index is 0. The van der Waals surface area contributed by atoms with Crippen LogP contribution in [0, 0.1) is 16.2 Å². The molecule has 1 rings (SSSR count). The summed E-state index contributed by atoms with van der Waals surface area (Å²) in [5.41, 5.74) is 1.55. The van der Waals surface area contributed by atoms with Crippen LogP contribution in [0.15, 0.2) is 29.5 Å². The maximum absolute atomic E-state index is 12.4. The number of hydrogen-bond acceptors (Lipinski definition) is 2. The quantitative estimate of drug-likeness (QED) is 0.253. The molecule has 0 aromatic rings. The Morgan fingerprint density at radius 2 is 1.92 bits per heavy atom. The molecule has 0 N–H and O–H groups in total. The van der Waals surface area contributed by atoms with Crippen LogP contribution in [-0.4, -0.2) is 4.92 Å². The van der Waals surface area contributed by atoms with Crippen molar-refractivity contribution in [3.05, 3.63) is 45.7 Å². The van der Waals surface area contributed by atoms with Gasteiger partial charge in [-0.3, -0.25) is 10.1 Å². The minimum Gasteiger partial charge on any atom is -1.00 e. The number of nitro groups is 1. The van der Waals surface area contributed by atoms with Gasteiger partial charge in [-0.25, -0.2) is 0 Å². The molecular weight excluding hydrogens is 257 g/mol. The Bertz CT molecular complexity index is 299. The van der Waals surface area contributed by atoms with Crippen molar-refractivity contribution in [3.63, 3.8) is 0 Å². The van der Waals surface area contributed by atoms with E-state index in [1.165, 1.54) is 0 Å². The van der Waals surface area contributed by atoms with Gasteiger partial charge in [0, 0.05) is 30.5 Å². The van der Waals surface area contributed by atoms with Crippen molar-refractivity contribution in [2.75, 3.05) is 0 Å². The second-order valence-electron chi connectivity index (χ2n) is 1.76. The Hall–Kier alpha value is -0.567. The molecule has 0 bridgehead atoms. The van der Waals surface area contributed by atoms with Crippen LogP contribution in [0.2, 0.25) is 0 Å². The zero-order chi connectivity index (χ0) is 8.43. The molecule has 0 aliphatic heterocycles. The molecule has 13 heavy (non-hydrogen) atoms. The number of allylic oxidation sites excluding steroid dienone is 1. The predicted octanol–water partition coefficient (Wildman–Crippen LogP) is -1.33. The van der Waals surface area contributed by atoms with Gasteiger partial charge in [-0.05, 0) is 11.8 Å². The van der Waals surface area contributed by atoms with E-state index in [1.807, 2.05) is 0 Å². The fraction of sp³-hybridized carbons (Fsp3) is 0. The minimum absolute atomic E-state index is 0. The number of rotatable bonds is 1. The molecule has 0 aromatic carbocycles. The van der Waals surface area contributed by atoms with Gasteiger partial charge >= 0.3 is 6.04 Å². The fourth-order valence-corrected chi connectivity index (χ4v) is 0.577. The zero-order valence-corrected chi connectivity index (χ0v) is 9.98. The molecular formula is C6H2ClF2NO2Zn-. The van der Waals surface area contributed by atoms with E-state index in [9.17, 15) is 18.9 Å². The van der Waals surface area contributed by atoms with Crippen molar-refractivity contribution in [2.45, 2.75) is 0 Å². The third-order valence-electron chi connectivity index (χ3n) is 1.04. The molecule has 1 radical (unpaired) electrons. The molecule has 0 atom stereocenters. The Labute approximate surface area is 91.5 Å². The van der Waals surface area contributed by atoms with Gasteiger partial charge in [-0.15, -0.1) is 0 Å². The summed E-state index contributed by atoms with van der Waals surface area (Å²) in [6.07, 6.45) is 1.53. The van der Waals surface area contributed by atoms with Gasteiger partial charge in [0.05, 0.1) is 0 Å². The van der Waals surface area contributed by atoms with Crippen molar-refractivity contribution < 1.29 is 45.6 Å². The Morgan fingerprint density at radius 1 is 1.38 bits per heavy atom. The summed E-state index contributed by atoms with van der Waals surface area (Å²) < 4.78 is 24.5. The third kappa shape index (κ3) is 3.77. The van der Waals surface area contributed by atoms with Gasteiger partial charge in [-0.1, -0.05) is 0 Å². The van der Waals surface area contributed by atoms with Crippen LogP contribution in [0.1, 0.15) is 0 Å². The van der Waals surface area contributed by atoms with Gasteiger partial charge in [-0.2, -0.15) is 8.78 Å². The molecule has 0 fully saturated rings. The van der Waals surface area contributed by atoms with E-state index in [1.54, 1.807) is 5.73 Å². The molecule has 3 nitrogen and oxygen atoms in total. The van der Waals surface area contributed by atoms with Gasteiger partial charge in [0.15, 0.2) is 5.83 Å². The van der Waals surface area contributed by atoms with Crippen LogP contribution in [0.5, 0.6) is 0 Å². The monoisotopic (exact) mass is 257 g/mol. The molecule has 0 saturated carbocycles. The largest absolute Gasteiger partial charge is 1.00 e. The maximum atomic E-state index is 12.4. The van der Waals surface area contributed by atoms with E-state index in [4.69, 9.17) is 0 Å². The third-order valence-corrected chi connectivity index (χ3v) is 1.04. The second kappa shape index (κ2) is 5.97. The van der Waals surface area contributed by atoms with Crippen molar-refractivity contribution in [2.24, 2.45) is 0 Å². The smallest absolute Gasteiger partial charge is 0.378 e. The molecule has 0 spiro atoms. The first-order chi connectivity index (χ1) is 5.11. The van der Waals surface area contributed by atoms with E-state index >= 15 is 0 Å². The van der Waals surface area contributed by atoms with Gasteiger partial charge in [0.25, 0.3) is 0 Å². The van der Waals surface area contributed by atoms with E-state index in [0.717, 1.165) is 12.2 Å². The number of hydrogen-bond donors (Lipinski definition) is 0. The predicted molar refractivity (Wildman–Crippen MR) is 32.1 cm³/mol. The first-order valence-electron chi connectivity index (χ1n) is 2.63. The average molecular weight is 259 g/mol. The minimum atomic E-state index is -1.28. The molecule has 1 aliphatic carbocycles. The zero-order valence-electron chi connectivity index (χ0n) is 6.26. The topological polar surface area (TPSA) is 43.1 Å². The standard InChI is InChI=1S/C6H2F2NO2.ClH.Zn/c7-4-1-2-6(9(10)11)5(8)3-4;;/h1-2H;1H;/p-1. The number of nitrogens with zero attached hydrogens (tertiary/aromatic N) is 1. The second-order valence-corrected chi connectivity index (χ2v) is 1.76. The van der Waals surface area contributed by atoms with Crippen molar-refractivity contribution in [1.29, 1.82) is 0 Å².